The first-order valence-corrected chi connectivity index (χ1v) is 6.45. The molecule has 21 heavy (non-hydrogen) atoms. The molecule has 0 unspecified atom stereocenters. The number of hydrogen-bond acceptors (Lipinski definition) is 4. The third-order valence-electron chi connectivity index (χ3n) is 3.22. The minimum atomic E-state index is -1.01. The first-order chi connectivity index (χ1) is 10.1. The molecule has 3 rings (SSSR count). The Kier molecular flexibility index (Phi) is 3.23. The predicted octanol–water partition coefficient (Wildman–Crippen LogP) is 3.38. The van der Waals surface area contributed by atoms with Crippen molar-refractivity contribution in [2.75, 3.05) is 5.32 Å². The van der Waals surface area contributed by atoms with Crippen molar-refractivity contribution in [1.29, 1.82) is 0 Å². The lowest BCUT2D eigenvalue weighted by molar-refractivity contribution is 0.0697. The summed E-state index contributed by atoms with van der Waals surface area (Å²) in [7, 11) is 0. The third kappa shape index (κ3) is 2.53. The van der Waals surface area contributed by atoms with Gasteiger partial charge >= 0.3 is 5.97 Å². The standard InChI is InChI=1S/C16H13N3O2/c1-10-7-15(13(9-18-10)16(20)21)19-14-4-2-3-11-5-6-17-8-12(11)14/h2-9H,1H3,(H,18,19)(H,20,21). The van der Waals surface area contributed by atoms with Gasteiger partial charge in [-0.15, -0.1) is 0 Å². The van der Waals surface area contributed by atoms with E-state index in [0.717, 1.165) is 22.2 Å². The van der Waals surface area contributed by atoms with Crippen molar-refractivity contribution in [3.8, 4) is 0 Å². The average Bonchev–Trinajstić information content (AvgIpc) is 2.47. The molecule has 1 aromatic carbocycles. The van der Waals surface area contributed by atoms with Crippen LogP contribution in [0.3, 0.4) is 0 Å². The molecular weight excluding hydrogens is 266 g/mol. The number of aryl methyl sites for hydroxylation is 1. The number of aromatic carboxylic acids is 1. The van der Waals surface area contributed by atoms with E-state index in [1.54, 1.807) is 18.5 Å². The number of carboxylic acid groups (broad SMARTS) is 1. The van der Waals surface area contributed by atoms with E-state index >= 15 is 0 Å². The van der Waals surface area contributed by atoms with E-state index in [1.165, 1.54) is 6.20 Å². The molecule has 2 aromatic heterocycles. The lowest BCUT2D eigenvalue weighted by atomic mass is 10.1. The number of fused-ring (bicyclic) bond motifs is 1. The summed E-state index contributed by atoms with van der Waals surface area (Å²) < 4.78 is 0. The maximum absolute atomic E-state index is 11.3. The zero-order chi connectivity index (χ0) is 14.8. The van der Waals surface area contributed by atoms with Gasteiger partial charge in [-0.3, -0.25) is 9.97 Å². The lowest BCUT2D eigenvalue weighted by Crippen LogP contribution is -2.04. The highest BCUT2D eigenvalue weighted by atomic mass is 16.4. The van der Waals surface area contributed by atoms with Crippen LogP contribution < -0.4 is 5.32 Å². The predicted molar refractivity (Wildman–Crippen MR) is 81.0 cm³/mol. The van der Waals surface area contributed by atoms with E-state index in [1.807, 2.05) is 31.2 Å². The maximum Gasteiger partial charge on any atom is 0.339 e. The molecule has 0 atom stereocenters. The van der Waals surface area contributed by atoms with Gasteiger partial charge in [0.05, 0.1) is 5.69 Å². The molecule has 0 aliphatic heterocycles. The van der Waals surface area contributed by atoms with E-state index in [0.29, 0.717) is 5.69 Å². The summed E-state index contributed by atoms with van der Waals surface area (Å²) in [4.78, 5) is 19.4. The van der Waals surface area contributed by atoms with Crippen LogP contribution in [0.4, 0.5) is 11.4 Å². The van der Waals surface area contributed by atoms with Gasteiger partial charge < -0.3 is 10.4 Å². The van der Waals surface area contributed by atoms with Gasteiger partial charge in [0.25, 0.3) is 0 Å². The molecule has 5 heteroatoms. The number of carboxylic acids is 1. The van der Waals surface area contributed by atoms with Crippen LogP contribution in [-0.4, -0.2) is 21.0 Å². The summed E-state index contributed by atoms with van der Waals surface area (Å²) in [5.74, 6) is -1.01. The molecule has 104 valence electrons. The summed E-state index contributed by atoms with van der Waals surface area (Å²) in [6, 6.07) is 9.43. The number of carbonyl (C=O) groups is 1. The second-order valence-electron chi connectivity index (χ2n) is 4.70. The summed E-state index contributed by atoms with van der Waals surface area (Å²) in [6.45, 7) is 1.82. The molecule has 0 radical (unpaired) electrons. The van der Waals surface area contributed by atoms with Crippen molar-refractivity contribution in [2.24, 2.45) is 0 Å². The third-order valence-corrected chi connectivity index (χ3v) is 3.22. The smallest absolute Gasteiger partial charge is 0.339 e. The van der Waals surface area contributed by atoms with Crippen molar-refractivity contribution in [3.05, 3.63) is 60.2 Å². The maximum atomic E-state index is 11.3. The topological polar surface area (TPSA) is 75.1 Å². The summed E-state index contributed by atoms with van der Waals surface area (Å²) in [6.07, 6.45) is 4.85. The van der Waals surface area contributed by atoms with Gasteiger partial charge in [0.2, 0.25) is 0 Å². The zero-order valence-corrected chi connectivity index (χ0v) is 11.4. The van der Waals surface area contributed by atoms with E-state index in [4.69, 9.17) is 0 Å². The van der Waals surface area contributed by atoms with Crippen LogP contribution in [0.1, 0.15) is 16.1 Å². The normalized spacial score (nSPS) is 10.5. The van der Waals surface area contributed by atoms with Crippen LogP contribution in [0, 0.1) is 6.92 Å². The Morgan fingerprint density at radius 3 is 2.86 bits per heavy atom. The van der Waals surface area contributed by atoms with Crippen molar-refractivity contribution in [3.63, 3.8) is 0 Å². The van der Waals surface area contributed by atoms with Gasteiger partial charge in [0.15, 0.2) is 0 Å². The van der Waals surface area contributed by atoms with E-state index in [-0.39, 0.29) is 5.56 Å². The van der Waals surface area contributed by atoms with Crippen LogP contribution in [0.2, 0.25) is 0 Å². The molecule has 2 N–H and O–H groups in total. The molecule has 0 saturated heterocycles. The fourth-order valence-electron chi connectivity index (χ4n) is 2.20. The number of aromatic nitrogens is 2. The van der Waals surface area contributed by atoms with Crippen LogP contribution >= 0.6 is 0 Å². The summed E-state index contributed by atoms with van der Waals surface area (Å²) >= 11 is 0. The number of nitrogens with one attached hydrogen (secondary N) is 1. The average molecular weight is 279 g/mol. The van der Waals surface area contributed by atoms with Crippen LogP contribution in [0.5, 0.6) is 0 Å². The molecule has 0 bridgehead atoms. The number of pyridine rings is 2. The van der Waals surface area contributed by atoms with E-state index in [2.05, 4.69) is 15.3 Å². The van der Waals surface area contributed by atoms with Gasteiger partial charge in [-0.1, -0.05) is 12.1 Å². The lowest BCUT2D eigenvalue weighted by Gasteiger charge is -2.12. The molecule has 5 nitrogen and oxygen atoms in total. The molecule has 0 amide bonds. The molecular formula is C16H13N3O2. The Morgan fingerprint density at radius 2 is 2.05 bits per heavy atom. The van der Waals surface area contributed by atoms with Gasteiger partial charge in [-0.25, -0.2) is 4.79 Å². The SMILES string of the molecule is Cc1cc(Nc2cccc3ccncc23)c(C(=O)O)cn1. The van der Waals surface area contributed by atoms with Crippen LogP contribution in [-0.2, 0) is 0 Å². The minimum absolute atomic E-state index is 0.140. The number of hydrogen-bond donors (Lipinski definition) is 2. The Morgan fingerprint density at radius 1 is 1.19 bits per heavy atom. The first-order valence-electron chi connectivity index (χ1n) is 6.45. The van der Waals surface area contributed by atoms with Gasteiger partial charge in [0, 0.05) is 35.4 Å². The molecule has 0 spiro atoms. The highest BCUT2D eigenvalue weighted by molar-refractivity contribution is 5.99. The first kappa shape index (κ1) is 13.1. The summed E-state index contributed by atoms with van der Waals surface area (Å²) in [5.41, 5.74) is 2.22. The minimum Gasteiger partial charge on any atom is -0.478 e. The second-order valence-corrected chi connectivity index (χ2v) is 4.70. The monoisotopic (exact) mass is 279 g/mol. The highest BCUT2D eigenvalue weighted by Crippen LogP contribution is 2.27. The summed E-state index contributed by atoms with van der Waals surface area (Å²) in [5, 5.41) is 14.4. The van der Waals surface area contributed by atoms with Crippen LogP contribution in [0.15, 0.2) is 48.9 Å². The van der Waals surface area contributed by atoms with Crippen molar-refractivity contribution in [1.82, 2.24) is 9.97 Å². The second kappa shape index (κ2) is 5.20. The molecule has 0 aliphatic rings. The number of rotatable bonds is 3. The van der Waals surface area contributed by atoms with Gasteiger partial charge in [0.1, 0.15) is 5.56 Å². The quantitative estimate of drug-likeness (QED) is 0.768. The fourth-order valence-corrected chi connectivity index (χ4v) is 2.20. The Bertz CT molecular complexity index is 825. The van der Waals surface area contributed by atoms with E-state index < -0.39 is 5.97 Å². The van der Waals surface area contributed by atoms with Crippen molar-refractivity contribution in [2.45, 2.75) is 6.92 Å². The van der Waals surface area contributed by atoms with Crippen LogP contribution in [0.25, 0.3) is 10.8 Å². The van der Waals surface area contributed by atoms with Crippen molar-refractivity contribution >= 4 is 28.1 Å². The fraction of sp³-hybridized carbons (Fsp3) is 0.0625. The van der Waals surface area contributed by atoms with Gasteiger partial charge in [-0.2, -0.15) is 0 Å². The van der Waals surface area contributed by atoms with E-state index in [9.17, 15) is 9.90 Å². The van der Waals surface area contributed by atoms with Crippen molar-refractivity contribution < 1.29 is 9.90 Å². The molecule has 0 fully saturated rings. The molecule has 0 saturated carbocycles. The zero-order valence-electron chi connectivity index (χ0n) is 11.4. The molecule has 2 heterocycles. The Labute approximate surface area is 121 Å². The Hall–Kier alpha value is -2.95. The number of benzene rings is 1. The molecule has 0 aliphatic carbocycles. The largest absolute Gasteiger partial charge is 0.478 e. The number of nitrogens with zero attached hydrogens (tertiary/aromatic N) is 2. The van der Waals surface area contributed by atoms with Gasteiger partial charge in [-0.05, 0) is 30.5 Å². The molecule has 3 aromatic rings. The number of anilines is 2. The highest BCUT2D eigenvalue weighted by Gasteiger charge is 2.12. The Balaban J connectivity index is 2.11.